The van der Waals surface area contributed by atoms with Gasteiger partial charge in [0.1, 0.15) is 6.61 Å². The van der Waals surface area contributed by atoms with Crippen LogP contribution in [0.1, 0.15) is 11.1 Å². The van der Waals surface area contributed by atoms with Gasteiger partial charge in [-0.15, -0.1) is 0 Å². The lowest BCUT2D eigenvalue weighted by Gasteiger charge is -2.25. The summed E-state index contributed by atoms with van der Waals surface area (Å²) >= 11 is 0. The first-order valence-corrected chi connectivity index (χ1v) is 6.54. The molecule has 0 saturated heterocycles. The summed E-state index contributed by atoms with van der Waals surface area (Å²) in [7, 11) is 0. The molecule has 0 unspecified atom stereocenters. The average molecular weight is 278 g/mol. The van der Waals surface area contributed by atoms with E-state index in [0.29, 0.717) is 19.5 Å². The Kier molecular flexibility index (Phi) is 5.09. The molecule has 0 radical (unpaired) electrons. The number of ether oxygens (including phenoxy) is 1. The third-order valence-electron chi connectivity index (χ3n) is 3.17. The second-order valence-corrected chi connectivity index (χ2v) is 4.64. The quantitative estimate of drug-likeness (QED) is 0.633. The molecule has 0 aliphatic carbocycles. The minimum absolute atomic E-state index is 0.0848. The van der Waals surface area contributed by atoms with Crippen LogP contribution in [0.5, 0.6) is 0 Å². The topological polar surface area (TPSA) is 87.7 Å². The van der Waals surface area contributed by atoms with E-state index in [1.165, 1.54) is 11.1 Å². The molecule has 1 aliphatic rings. The van der Waals surface area contributed by atoms with Gasteiger partial charge in [-0.05, 0) is 17.5 Å². The van der Waals surface area contributed by atoms with Gasteiger partial charge in [0.15, 0.2) is 0 Å². The van der Waals surface area contributed by atoms with Crippen LogP contribution in [0.4, 0.5) is 0 Å². The zero-order valence-corrected chi connectivity index (χ0v) is 11.1. The van der Waals surface area contributed by atoms with Gasteiger partial charge in [-0.2, -0.15) is 0 Å². The van der Waals surface area contributed by atoms with Crippen LogP contribution >= 0.6 is 0 Å². The van der Waals surface area contributed by atoms with Gasteiger partial charge in [0, 0.05) is 13.1 Å². The van der Waals surface area contributed by atoms with Crippen LogP contribution in [-0.4, -0.2) is 42.8 Å². The molecule has 6 heteroatoms. The van der Waals surface area contributed by atoms with Gasteiger partial charge >= 0.3 is 5.97 Å². The Bertz CT molecular complexity index is 490. The van der Waals surface area contributed by atoms with Crippen molar-refractivity contribution in [3.8, 4) is 0 Å². The number of carbonyl (C=O) groups is 2. The molecule has 0 fully saturated rings. The molecule has 1 aliphatic heterocycles. The maximum Gasteiger partial charge on any atom is 0.329 e. The second kappa shape index (κ2) is 7.02. The molecule has 1 atom stereocenters. The number of carboxylic acids is 1. The number of fused-ring (bicyclic) bond motifs is 1. The fraction of sp³-hybridized carbons (Fsp3) is 0.429. The van der Waals surface area contributed by atoms with Crippen LogP contribution in [0.2, 0.25) is 0 Å². The fourth-order valence-electron chi connectivity index (χ4n) is 2.17. The summed E-state index contributed by atoms with van der Waals surface area (Å²) in [6.07, 6.45) is 0.665. The van der Waals surface area contributed by atoms with Gasteiger partial charge < -0.3 is 20.5 Å². The highest BCUT2D eigenvalue weighted by Gasteiger charge is 2.23. The van der Waals surface area contributed by atoms with E-state index in [-0.39, 0.29) is 25.2 Å². The Morgan fingerprint density at radius 2 is 2.10 bits per heavy atom. The van der Waals surface area contributed by atoms with Gasteiger partial charge in [0.2, 0.25) is 5.91 Å². The first-order valence-electron chi connectivity index (χ1n) is 6.54. The molecule has 1 heterocycles. The van der Waals surface area contributed by atoms with Crippen LogP contribution in [-0.2, 0) is 27.3 Å². The molecule has 1 aromatic rings. The molecule has 0 saturated carbocycles. The van der Waals surface area contributed by atoms with Crippen molar-refractivity contribution in [1.29, 1.82) is 0 Å². The Labute approximate surface area is 117 Å². The predicted molar refractivity (Wildman–Crippen MR) is 72.2 cm³/mol. The zero-order valence-electron chi connectivity index (χ0n) is 11.1. The van der Waals surface area contributed by atoms with Crippen LogP contribution in [0, 0.1) is 0 Å². The van der Waals surface area contributed by atoms with Crippen molar-refractivity contribution in [1.82, 2.24) is 10.6 Å². The number of carbonyl (C=O) groups excluding carboxylic acids is 1. The van der Waals surface area contributed by atoms with Crippen molar-refractivity contribution in [2.45, 2.75) is 19.0 Å². The smallest absolute Gasteiger partial charge is 0.329 e. The summed E-state index contributed by atoms with van der Waals surface area (Å²) in [5.41, 5.74) is 2.41. The van der Waals surface area contributed by atoms with Gasteiger partial charge in [0.25, 0.3) is 0 Å². The molecule has 0 spiro atoms. The van der Waals surface area contributed by atoms with Crippen molar-refractivity contribution in [2.75, 3.05) is 19.8 Å². The number of hydrogen-bond acceptors (Lipinski definition) is 4. The molecule has 108 valence electrons. The molecule has 20 heavy (non-hydrogen) atoms. The minimum Gasteiger partial charge on any atom is -0.480 e. The number of rotatable bonds is 6. The third kappa shape index (κ3) is 4.04. The van der Waals surface area contributed by atoms with Crippen molar-refractivity contribution >= 4 is 11.9 Å². The van der Waals surface area contributed by atoms with E-state index in [2.05, 4.69) is 16.7 Å². The first-order chi connectivity index (χ1) is 9.66. The van der Waals surface area contributed by atoms with E-state index in [1.807, 2.05) is 18.2 Å². The minimum atomic E-state index is -1.01. The largest absolute Gasteiger partial charge is 0.480 e. The van der Waals surface area contributed by atoms with Crippen molar-refractivity contribution < 1.29 is 19.4 Å². The monoisotopic (exact) mass is 278 g/mol. The number of benzene rings is 1. The molecule has 1 amide bonds. The fourth-order valence-corrected chi connectivity index (χ4v) is 2.17. The van der Waals surface area contributed by atoms with Gasteiger partial charge in [-0.3, -0.25) is 4.79 Å². The highest BCUT2D eigenvalue weighted by molar-refractivity contribution is 5.82. The van der Waals surface area contributed by atoms with Crippen molar-refractivity contribution in [3.63, 3.8) is 0 Å². The van der Waals surface area contributed by atoms with E-state index in [1.54, 1.807) is 0 Å². The van der Waals surface area contributed by atoms with Gasteiger partial charge in [0.05, 0.1) is 12.6 Å². The second-order valence-electron chi connectivity index (χ2n) is 4.64. The Morgan fingerprint density at radius 1 is 1.35 bits per heavy atom. The molecule has 3 N–H and O–H groups in total. The van der Waals surface area contributed by atoms with E-state index in [0.717, 1.165) is 0 Å². The highest BCUT2D eigenvalue weighted by Crippen LogP contribution is 2.16. The average Bonchev–Trinajstić information content (AvgIpc) is 2.46. The summed E-state index contributed by atoms with van der Waals surface area (Å²) < 4.78 is 4.85. The van der Waals surface area contributed by atoms with Crippen molar-refractivity contribution in [2.24, 2.45) is 0 Å². The molecular weight excluding hydrogens is 260 g/mol. The predicted octanol–water partition coefficient (Wildman–Crippen LogP) is -0.0817. The molecule has 2 rings (SSSR count). The zero-order chi connectivity index (χ0) is 14.4. The first kappa shape index (κ1) is 14.5. The maximum absolute atomic E-state index is 12.0. The van der Waals surface area contributed by atoms with Crippen LogP contribution in [0.25, 0.3) is 0 Å². The summed E-state index contributed by atoms with van der Waals surface area (Å²) in [5.74, 6) is -1.10. The molecule has 0 bridgehead atoms. The van der Waals surface area contributed by atoms with E-state index in [4.69, 9.17) is 9.84 Å². The summed E-state index contributed by atoms with van der Waals surface area (Å²) in [6.45, 7) is 0.849. The molecule has 1 aromatic carbocycles. The lowest BCUT2D eigenvalue weighted by molar-refractivity contribution is -0.142. The Hall–Kier alpha value is -1.92. The Balaban J connectivity index is 1.73. The SMILES string of the molecule is O=C(O)COCCNC(=O)[C@@H]1Cc2ccccc2CN1. The standard InChI is InChI=1S/C14H18N2O4/c17-13(18)9-20-6-5-15-14(19)12-7-10-3-1-2-4-11(10)8-16-12/h1-4,12,16H,5-9H2,(H,15,19)(H,17,18)/t12-/m0/s1. The number of carboxylic acid groups (broad SMARTS) is 1. The van der Waals surface area contributed by atoms with Gasteiger partial charge in [-0.1, -0.05) is 24.3 Å². The van der Waals surface area contributed by atoms with E-state index in [9.17, 15) is 9.59 Å². The third-order valence-corrected chi connectivity index (χ3v) is 3.17. The summed E-state index contributed by atoms with van der Waals surface area (Å²) in [6, 6.07) is 7.80. The maximum atomic E-state index is 12.0. The number of nitrogens with one attached hydrogen (secondary N) is 2. The van der Waals surface area contributed by atoms with E-state index < -0.39 is 5.97 Å². The normalized spacial score (nSPS) is 17.3. The highest BCUT2D eigenvalue weighted by atomic mass is 16.5. The number of aliphatic carboxylic acids is 1. The lowest BCUT2D eigenvalue weighted by Crippen LogP contribution is -2.48. The number of amides is 1. The summed E-state index contributed by atoms with van der Waals surface area (Å²) in [5, 5.41) is 14.3. The Morgan fingerprint density at radius 3 is 2.85 bits per heavy atom. The van der Waals surface area contributed by atoms with Crippen LogP contribution in [0.15, 0.2) is 24.3 Å². The molecule has 6 nitrogen and oxygen atoms in total. The summed E-state index contributed by atoms with van der Waals surface area (Å²) in [4.78, 5) is 22.2. The van der Waals surface area contributed by atoms with Crippen molar-refractivity contribution in [3.05, 3.63) is 35.4 Å². The molecule has 0 aromatic heterocycles. The lowest BCUT2D eigenvalue weighted by atomic mass is 9.95. The van der Waals surface area contributed by atoms with E-state index >= 15 is 0 Å². The number of hydrogen-bond donors (Lipinski definition) is 3. The van der Waals surface area contributed by atoms with Crippen LogP contribution < -0.4 is 10.6 Å². The van der Waals surface area contributed by atoms with Gasteiger partial charge in [-0.25, -0.2) is 4.79 Å². The van der Waals surface area contributed by atoms with Crippen LogP contribution in [0.3, 0.4) is 0 Å². The molecular formula is C14H18N2O4.